The number of carbonyl (C=O) groups is 1. The monoisotopic (exact) mass is 334 g/mol. The molecule has 0 aliphatic heterocycles. The molecule has 5 nitrogen and oxygen atoms in total. The number of ether oxygens (including phenoxy) is 2. The molecule has 1 aromatic carbocycles. The lowest BCUT2D eigenvalue weighted by Gasteiger charge is -2.19. The van der Waals surface area contributed by atoms with Gasteiger partial charge in [-0.1, -0.05) is 17.7 Å². The van der Waals surface area contributed by atoms with Gasteiger partial charge in [0.25, 0.3) is 0 Å². The number of nitrogens with zero attached hydrogens (tertiary/aromatic N) is 2. The van der Waals surface area contributed by atoms with Gasteiger partial charge in [0, 0.05) is 26.0 Å². The van der Waals surface area contributed by atoms with Crippen LogP contribution in [0.5, 0.6) is 5.75 Å². The van der Waals surface area contributed by atoms with Gasteiger partial charge < -0.3 is 14.4 Å². The normalized spacial score (nSPS) is 10.6. The number of aryl methyl sites for hydroxylation is 1. The van der Waals surface area contributed by atoms with Gasteiger partial charge >= 0.3 is 0 Å². The van der Waals surface area contributed by atoms with Crippen molar-refractivity contribution in [3.05, 3.63) is 45.9 Å². The lowest BCUT2D eigenvalue weighted by atomic mass is 10.2. The van der Waals surface area contributed by atoms with Gasteiger partial charge in [-0.15, -0.1) is 11.3 Å². The van der Waals surface area contributed by atoms with Crippen LogP contribution in [0.3, 0.4) is 0 Å². The maximum absolute atomic E-state index is 11.6. The van der Waals surface area contributed by atoms with Crippen molar-refractivity contribution in [3.8, 4) is 5.75 Å². The maximum atomic E-state index is 11.6. The van der Waals surface area contributed by atoms with Crippen LogP contribution < -0.4 is 4.74 Å². The van der Waals surface area contributed by atoms with E-state index in [1.54, 1.807) is 30.3 Å². The summed E-state index contributed by atoms with van der Waals surface area (Å²) in [6.07, 6.45) is 0. The van der Waals surface area contributed by atoms with Crippen LogP contribution in [0.2, 0.25) is 0 Å². The van der Waals surface area contributed by atoms with Crippen molar-refractivity contribution in [2.75, 3.05) is 20.3 Å². The van der Waals surface area contributed by atoms with Gasteiger partial charge in [0.2, 0.25) is 5.91 Å². The Labute approximate surface area is 140 Å². The minimum absolute atomic E-state index is 0.0208. The van der Waals surface area contributed by atoms with E-state index in [-0.39, 0.29) is 5.91 Å². The highest BCUT2D eigenvalue weighted by molar-refractivity contribution is 7.09. The highest BCUT2D eigenvalue weighted by Gasteiger charge is 2.12. The fourth-order valence-corrected chi connectivity index (χ4v) is 2.71. The molecule has 0 saturated heterocycles. The minimum atomic E-state index is 0.0208. The number of methoxy groups -OCH3 is 1. The van der Waals surface area contributed by atoms with E-state index in [4.69, 9.17) is 9.47 Å². The number of hydrogen-bond acceptors (Lipinski definition) is 5. The fraction of sp³-hybridized carbons (Fsp3) is 0.412. The molecule has 0 aliphatic carbocycles. The minimum Gasteiger partial charge on any atom is -0.486 e. The third-order valence-corrected chi connectivity index (χ3v) is 4.22. The summed E-state index contributed by atoms with van der Waals surface area (Å²) in [4.78, 5) is 17.9. The zero-order valence-electron chi connectivity index (χ0n) is 13.7. The lowest BCUT2D eigenvalue weighted by Crippen LogP contribution is -2.31. The first-order chi connectivity index (χ1) is 11.1. The second kappa shape index (κ2) is 8.64. The Morgan fingerprint density at radius 2 is 2.04 bits per heavy atom. The number of thiazole rings is 1. The van der Waals surface area contributed by atoms with Crippen molar-refractivity contribution in [3.63, 3.8) is 0 Å². The second-order valence-electron chi connectivity index (χ2n) is 5.27. The van der Waals surface area contributed by atoms with E-state index < -0.39 is 0 Å². The first kappa shape index (κ1) is 17.4. The molecule has 0 aliphatic rings. The van der Waals surface area contributed by atoms with Crippen LogP contribution in [-0.4, -0.2) is 36.1 Å². The van der Waals surface area contributed by atoms with E-state index in [9.17, 15) is 4.79 Å². The molecule has 0 unspecified atom stereocenters. The summed E-state index contributed by atoms with van der Waals surface area (Å²) in [6.45, 7) is 5.63. The first-order valence-electron chi connectivity index (χ1n) is 7.45. The standard InChI is InChI=1S/C17H22N2O3S/c1-13-4-6-16(7-5-13)22-11-17-18-15(12-23-17)10-19(14(2)20)8-9-21-3/h4-7,12H,8-11H2,1-3H3. The maximum Gasteiger partial charge on any atom is 0.219 e. The van der Waals surface area contributed by atoms with Gasteiger partial charge in [0.05, 0.1) is 18.8 Å². The van der Waals surface area contributed by atoms with Gasteiger partial charge in [-0.2, -0.15) is 0 Å². The molecule has 0 fully saturated rings. The Balaban J connectivity index is 1.89. The summed E-state index contributed by atoms with van der Waals surface area (Å²) in [5, 5.41) is 2.87. The fourth-order valence-electron chi connectivity index (χ4n) is 2.01. The molecule has 1 heterocycles. The molecule has 1 amide bonds. The molecule has 0 radical (unpaired) electrons. The molecule has 23 heavy (non-hydrogen) atoms. The van der Waals surface area contributed by atoms with Gasteiger partial charge in [0.1, 0.15) is 17.4 Å². The summed E-state index contributed by atoms with van der Waals surface area (Å²) in [5.41, 5.74) is 2.08. The summed E-state index contributed by atoms with van der Waals surface area (Å²) in [6, 6.07) is 7.93. The zero-order valence-corrected chi connectivity index (χ0v) is 14.6. The van der Waals surface area contributed by atoms with Crippen LogP contribution in [0.15, 0.2) is 29.6 Å². The molecule has 1 aromatic heterocycles. The number of benzene rings is 1. The SMILES string of the molecule is COCCN(Cc1csc(COc2ccc(C)cc2)n1)C(C)=O. The van der Waals surface area contributed by atoms with Crippen molar-refractivity contribution in [1.29, 1.82) is 0 Å². The Morgan fingerprint density at radius 3 is 2.70 bits per heavy atom. The van der Waals surface area contributed by atoms with Crippen LogP contribution >= 0.6 is 11.3 Å². The van der Waals surface area contributed by atoms with E-state index in [1.807, 2.05) is 36.6 Å². The van der Waals surface area contributed by atoms with E-state index in [0.29, 0.717) is 26.3 Å². The molecule has 0 saturated carbocycles. The number of amides is 1. The average Bonchev–Trinajstić information content (AvgIpc) is 2.98. The van der Waals surface area contributed by atoms with Crippen LogP contribution in [-0.2, 0) is 22.7 Å². The number of carbonyl (C=O) groups excluding carboxylic acids is 1. The van der Waals surface area contributed by atoms with Crippen molar-refractivity contribution >= 4 is 17.2 Å². The Hall–Kier alpha value is -1.92. The van der Waals surface area contributed by atoms with Crippen molar-refractivity contribution in [2.24, 2.45) is 0 Å². The zero-order chi connectivity index (χ0) is 16.7. The van der Waals surface area contributed by atoms with Crippen LogP contribution in [0.25, 0.3) is 0 Å². The Morgan fingerprint density at radius 1 is 1.30 bits per heavy atom. The Kier molecular flexibility index (Phi) is 6.55. The number of hydrogen-bond donors (Lipinski definition) is 0. The largest absolute Gasteiger partial charge is 0.486 e. The first-order valence-corrected chi connectivity index (χ1v) is 8.33. The quantitative estimate of drug-likeness (QED) is 0.744. The molecular weight excluding hydrogens is 312 g/mol. The molecule has 2 aromatic rings. The molecule has 0 atom stereocenters. The second-order valence-corrected chi connectivity index (χ2v) is 6.21. The third-order valence-electron chi connectivity index (χ3n) is 3.35. The van der Waals surface area contributed by atoms with E-state index in [1.165, 1.54) is 5.56 Å². The smallest absolute Gasteiger partial charge is 0.219 e. The summed E-state index contributed by atoms with van der Waals surface area (Å²) < 4.78 is 10.8. The number of aromatic nitrogens is 1. The highest BCUT2D eigenvalue weighted by Crippen LogP contribution is 2.17. The van der Waals surface area contributed by atoms with Gasteiger partial charge in [-0.3, -0.25) is 4.79 Å². The average molecular weight is 334 g/mol. The Bertz CT molecular complexity index is 625. The molecule has 0 N–H and O–H groups in total. The van der Waals surface area contributed by atoms with Gasteiger partial charge in [-0.05, 0) is 19.1 Å². The molecule has 0 bridgehead atoms. The van der Waals surface area contributed by atoms with E-state index in [0.717, 1.165) is 16.5 Å². The van der Waals surface area contributed by atoms with E-state index >= 15 is 0 Å². The van der Waals surface area contributed by atoms with E-state index in [2.05, 4.69) is 4.98 Å². The highest BCUT2D eigenvalue weighted by atomic mass is 32.1. The summed E-state index contributed by atoms with van der Waals surface area (Å²) in [7, 11) is 1.63. The van der Waals surface area contributed by atoms with Crippen molar-refractivity contribution in [1.82, 2.24) is 9.88 Å². The van der Waals surface area contributed by atoms with Gasteiger partial charge in [-0.25, -0.2) is 4.98 Å². The molecule has 6 heteroatoms. The van der Waals surface area contributed by atoms with Crippen LogP contribution in [0.4, 0.5) is 0 Å². The lowest BCUT2D eigenvalue weighted by molar-refractivity contribution is -0.130. The third kappa shape index (κ3) is 5.65. The van der Waals surface area contributed by atoms with Crippen molar-refractivity contribution in [2.45, 2.75) is 27.0 Å². The number of rotatable bonds is 8. The molecule has 124 valence electrons. The van der Waals surface area contributed by atoms with Crippen LogP contribution in [0.1, 0.15) is 23.2 Å². The topological polar surface area (TPSA) is 51.7 Å². The predicted molar refractivity (Wildman–Crippen MR) is 90.6 cm³/mol. The molecule has 0 spiro atoms. The molecule has 2 rings (SSSR count). The summed E-state index contributed by atoms with van der Waals surface area (Å²) in [5.74, 6) is 0.852. The van der Waals surface area contributed by atoms with Crippen LogP contribution in [0, 0.1) is 6.92 Å². The summed E-state index contributed by atoms with van der Waals surface area (Å²) >= 11 is 1.54. The van der Waals surface area contributed by atoms with Crippen molar-refractivity contribution < 1.29 is 14.3 Å². The predicted octanol–water partition coefficient (Wildman–Crippen LogP) is 3.03. The van der Waals surface area contributed by atoms with Gasteiger partial charge in [0.15, 0.2) is 0 Å². The molecular formula is C17H22N2O3S.